The predicted molar refractivity (Wildman–Crippen MR) is 86.5 cm³/mol. The highest BCUT2D eigenvalue weighted by molar-refractivity contribution is 8.01. The van der Waals surface area contributed by atoms with Gasteiger partial charge in [-0.15, -0.1) is 11.8 Å². The second kappa shape index (κ2) is 5.85. The van der Waals surface area contributed by atoms with E-state index in [-0.39, 0.29) is 4.75 Å². The minimum atomic E-state index is 0.272. The molecule has 1 spiro atoms. The summed E-state index contributed by atoms with van der Waals surface area (Å²) < 4.78 is 6.28. The predicted octanol–water partition coefficient (Wildman–Crippen LogP) is 2.48. The van der Waals surface area contributed by atoms with Gasteiger partial charge in [-0.1, -0.05) is 12.5 Å². The highest BCUT2D eigenvalue weighted by Crippen LogP contribution is 2.47. The molecule has 3 aliphatic rings. The van der Waals surface area contributed by atoms with Crippen molar-refractivity contribution < 1.29 is 9.53 Å². The zero-order valence-corrected chi connectivity index (χ0v) is 13.6. The third-order valence-corrected chi connectivity index (χ3v) is 6.67. The van der Waals surface area contributed by atoms with Crippen LogP contribution in [0.4, 0.5) is 0 Å². The molecule has 1 amide bonds. The van der Waals surface area contributed by atoms with Gasteiger partial charge in [-0.25, -0.2) is 0 Å². The Morgan fingerprint density at radius 1 is 1.41 bits per heavy atom. The van der Waals surface area contributed by atoms with Gasteiger partial charge in [0.05, 0.1) is 23.2 Å². The Hall–Kier alpha value is -1.07. The fourth-order valence-electron chi connectivity index (χ4n) is 3.54. The zero-order chi connectivity index (χ0) is 15.0. The molecule has 0 unspecified atom stereocenters. The minimum absolute atomic E-state index is 0.272. The average molecular weight is 318 g/mol. The molecule has 4 rings (SSSR count). The maximum atomic E-state index is 12.2. The molecule has 3 heterocycles. The Labute approximate surface area is 135 Å². The molecule has 0 radical (unpaired) electrons. The molecular weight excluding hydrogens is 296 g/mol. The lowest BCUT2D eigenvalue weighted by Gasteiger charge is -2.49. The van der Waals surface area contributed by atoms with E-state index >= 15 is 0 Å². The van der Waals surface area contributed by atoms with E-state index in [0.29, 0.717) is 24.5 Å². The Kier molecular flexibility index (Phi) is 3.86. The van der Waals surface area contributed by atoms with Crippen LogP contribution in [-0.4, -0.2) is 45.5 Å². The molecule has 0 N–H and O–H groups in total. The van der Waals surface area contributed by atoms with Crippen LogP contribution in [0, 0.1) is 5.92 Å². The van der Waals surface area contributed by atoms with Gasteiger partial charge >= 0.3 is 0 Å². The van der Waals surface area contributed by atoms with Crippen LogP contribution in [0.1, 0.15) is 31.4 Å². The lowest BCUT2D eigenvalue weighted by atomic mass is 9.82. The summed E-state index contributed by atoms with van der Waals surface area (Å²) in [6, 6.07) is 5.92. The van der Waals surface area contributed by atoms with Gasteiger partial charge in [0.25, 0.3) is 0 Å². The number of hydrogen-bond donors (Lipinski definition) is 0. The summed E-state index contributed by atoms with van der Waals surface area (Å²) >= 11 is 1.99. The van der Waals surface area contributed by atoms with E-state index in [1.807, 2.05) is 30.0 Å². The van der Waals surface area contributed by atoms with E-state index in [1.165, 1.54) is 6.42 Å². The second-order valence-corrected chi connectivity index (χ2v) is 8.26. The molecule has 118 valence electrons. The van der Waals surface area contributed by atoms with Crippen LogP contribution < -0.4 is 0 Å². The molecule has 1 aliphatic carbocycles. The van der Waals surface area contributed by atoms with Gasteiger partial charge in [-0.3, -0.25) is 9.78 Å². The van der Waals surface area contributed by atoms with Crippen LogP contribution in [0.25, 0.3) is 0 Å². The van der Waals surface area contributed by atoms with E-state index in [9.17, 15) is 4.79 Å². The van der Waals surface area contributed by atoms with Gasteiger partial charge in [-0.2, -0.15) is 0 Å². The normalized spacial score (nSPS) is 26.7. The molecule has 1 atom stereocenters. The number of ether oxygens (including phenoxy) is 1. The van der Waals surface area contributed by atoms with Crippen LogP contribution in [0.2, 0.25) is 0 Å². The van der Waals surface area contributed by atoms with Crippen molar-refractivity contribution in [3.8, 4) is 0 Å². The maximum Gasteiger partial charge on any atom is 0.225 e. The van der Waals surface area contributed by atoms with Crippen LogP contribution in [0.3, 0.4) is 0 Å². The van der Waals surface area contributed by atoms with Gasteiger partial charge in [0.2, 0.25) is 5.91 Å². The molecule has 5 heteroatoms. The first-order chi connectivity index (χ1) is 10.7. The summed E-state index contributed by atoms with van der Waals surface area (Å²) in [7, 11) is 0. The van der Waals surface area contributed by atoms with Crippen molar-refractivity contribution in [1.29, 1.82) is 0 Å². The maximum absolute atomic E-state index is 12.2. The Morgan fingerprint density at radius 2 is 2.27 bits per heavy atom. The van der Waals surface area contributed by atoms with Crippen molar-refractivity contribution >= 4 is 17.7 Å². The summed E-state index contributed by atoms with van der Waals surface area (Å²) in [5.74, 6) is 1.77. The van der Waals surface area contributed by atoms with E-state index in [2.05, 4.69) is 9.88 Å². The SMILES string of the molecule is O=C(C1CCC1)N1CC2(C[C@@H](OCc3ccccn3)CS2)C1. The number of nitrogens with zero attached hydrogens (tertiary/aromatic N) is 2. The van der Waals surface area contributed by atoms with Gasteiger partial charge < -0.3 is 9.64 Å². The smallest absolute Gasteiger partial charge is 0.225 e. The standard InChI is InChI=1S/C17H22N2O2S/c20-16(13-4-3-5-13)19-11-17(12-19)8-15(10-22-17)21-9-14-6-1-2-7-18-14/h1-2,6-7,13,15H,3-5,8-12H2/t15-/m1/s1. The zero-order valence-electron chi connectivity index (χ0n) is 12.7. The lowest BCUT2D eigenvalue weighted by Crippen LogP contribution is -2.62. The number of amides is 1. The summed E-state index contributed by atoms with van der Waals surface area (Å²) in [4.78, 5) is 18.6. The quantitative estimate of drug-likeness (QED) is 0.855. The number of pyridine rings is 1. The van der Waals surface area contributed by atoms with E-state index in [1.54, 1.807) is 6.20 Å². The first kappa shape index (κ1) is 14.5. The van der Waals surface area contributed by atoms with Crippen molar-refractivity contribution in [3.05, 3.63) is 30.1 Å². The molecular formula is C17H22N2O2S. The molecule has 1 aromatic rings. The summed E-state index contributed by atoms with van der Waals surface area (Å²) in [5, 5.41) is 0. The van der Waals surface area contributed by atoms with Crippen LogP contribution in [0.15, 0.2) is 24.4 Å². The molecule has 0 aromatic carbocycles. The summed E-state index contributed by atoms with van der Waals surface area (Å²) in [6.07, 6.45) is 6.61. The van der Waals surface area contributed by atoms with Gasteiger partial charge in [0, 0.05) is 31.0 Å². The number of aromatic nitrogens is 1. The second-order valence-electron chi connectivity index (χ2n) is 6.77. The highest BCUT2D eigenvalue weighted by atomic mass is 32.2. The Morgan fingerprint density at radius 3 is 2.95 bits per heavy atom. The largest absolute Gasteiger partial charge is 0.371 e. The van der Waals surface area contributed by atoms with Crippen molar-refractivity contribution in [2.75, 3.05) is 18.8 Å². The molecule has 1 aromatic heterocycles. The third kappa shape index (κ3) is 2.76. The average Bonchev–Trinajstić information content (AvgIpc) is 2.87. The van der Waals surface area contributed by atoms with E-state index < -0.39 is 0 Å². The molecule has 1 saturated carbocycles. The Bertz CT molecular complexity index is 541. The van der Waals surface area contributed by atoms with Crippen molar-refractivity contribution in [3.63, 3.8) is 0 Å². The fraction of sp³-hybridized carbons (Fsp3) is 0.647. The third-order valence-electron chi connectivity index (χ3n) is 5.09. The molecule has 22 heavy (non-hydrogen) atoms. The van der Waals surface area contributed by atoms with Crippen molar-refractivity contribution in [1.82, 2.24) is 9.88 Å². The van der Waals surface area contributed by atoms with Crippen LogP contribution in [-0.2, 0) is 16.1 Å². The number of rotatable bonds is 4. The topological polar surface area (TPSA) is 42.4 Å². The number of likely N-dealkylation sites (tertiary alicyclic amines) is 1. The summed E-state index contributed by atoms with van der Waals surface area (Å²) in [5.41, 5.74) is 0.990. The first-order valence-electron chi connectivity index (χ1n) is 8.18. The number of thioether (sulfide) groups is 1. The molecule has 2 aliphatic heterocycles. The van der Waals surface area contributed by atoms with E-state index in [0.717, 1.165) is 43.8 Å². The lowest BCUT2D eigenvalue weighted by molar-refractivity contribution is -0.144. The number of hydrogen-bond acceptors (Lipinski definition) is 4. The van der Waals surface area contributed by atoms with Crippen molar-refractivity contribution in [2.24, 2.45) is 5.92 Å². The number of carbonyl (C=O) groups excluding carboxylic acids is 1. The van der Waals surface area contributed by atoms with Gasteiger partial charge in [0.1, 0.15) is 0 Å². The van der Waals surface area contributed by atoms with Crippen LogP contribution >= 0.6 is 11.8 Å². The first-order valence-corrected chi connectivity index (χ1v) is 9.17. The van der Waals surface area contributed by atoms with Crippen molar-refractivity contribution in [2.45, 2.75) is 43.1 Å². The van der Waals surface area contributed by atoms with Gasteiger partial charge in [0.15, 0.2) is 0 Å². The van der Waals surface area contributed by atoms with Gasteiger partial charge in [-0.05, 0) is 31.4 Å². The number of carbonyl (C=O) groups is 1. The minimum Gasteiger partial charge on any atom is -0.371 e. The van der Waals surface area contributed by atoms with Crippen LogP contribution in [0.5, 0.6) is 0 Å². The highest BCUT2D eigenvalue weighted by Gasteiger charge is 2.51. The fourth-order valence-corrected chi connectivity index (χ4v) is 5.09. The molecule has 2 saturated heterocycles. The van der Waals surface area contributed by atoms with E-state index in [4.69, 9.17) is 4.74 Å². The summed E-state index contributed by atoms with van der Waals surface area (Å²) in [6.45, 7) is 2.44. The Balaban J connectivity index is 1.24. The molecule has 3 fully saturated rings. The molecule has 4 nitrogen and oxygen atoms in total. The molecule has 0 bridgehead atoms. The monoisotopic (exact) mass is 318 g/mol.